The molecule has 0 unspecified atom stereocenters. The minimum atomic E-state index is -0.961. The highest BCUT2D eigenvalue weighted by atomic mass is 16.4. The van der Waals surface area contributed by atoms with E-state index in [1.807, 2.05) is 0 Å². The topological polar surface area (TPSA) is 78.9 Å². The second kappa shape index (κ2) is 3.29. The van der Waals surface area contributed by atoms with Crippen molar-refractivity contribution >= 4 is 5.97 Å². The van der Waals surface area contributed by atoms with Gasteiger partial charge in [-0.15, -0.1) is 0 Å². The Morgan fingerprint density at radius 2 is 2.36 bits per heavy atom. The van der Waals surface area contributed by atoms with Crippen molar-refractivity contribution in [3.63, 3.8) is 0 Å². The van der Waals surface area contributed by atoms with Crippen LogP contribution in [0.3, 0.4) is 0 Å². The summed E-state index contributed by atoms with van der Waals surface area (Å²) < 4.78 is 0. The maximum Gasteiger partial charge on any atom is 0.335 e. The molecule has 5 heteroatoms. The summed E-state index contributed by atoms with van der Waals surface area (Å²) in [6, 6.07) is 2.96. The number of carboxylic acid groups (broad SMARTS) is 1. The van der Waals surface area contributed by atoms with Crippen LogP contribution in [0.5, 0.6) is 0 Å². The molecule has 0 fully saturated rings. The number of hydrogen-bond donors (Lipinski definition) is 2. The molecule has 0 bridgehead atoms. The minimum Gasteiger partial charge on any atom is -0.478 e. The number of pyridine rings is 1. The molecule has 2 aromatic heterocycles. The van der Waals surface area contributed by atoms with Crippen molar-refractivity contribution in [2.75, 3.05) is 0 Å². The number of carboxylic acids is 1. The van der Waals surface area contributed by atoms with E-state index in [9.17, 15) is 4.79 Å². The van der Waals surface area contributed by atoms with Crippen LogP contribution < -0.4 is 0 Å². The zero-order valence-electron chi connectivity index (χ0n) is 7.14. The van der Waals surface area contributed by atoms with Crippen LogP contribution in [-0.2, 0) is 0 Å². The molecule has 0 radical (unpaired) electrons. The lowest BCUT2D eigenvalue weighted by molar-refractivity contribution is 0.0697. The van der Waals surface area contributed by atoms with E-state index >= 15 is 0 Å². The summed E-state index contributed by atoms with van der Waals surface area (Å²) in [6.07, 6.45) is 4.72. The highest BCUT2D eigenvalue weighted by molar-refractivity contribution is 5.88. The van der Waals surface area contributed by atoms with Gasteiger partial charge in [-0.1, -0.05) is 0 Å². The molecule has 0 aliphatic heterocycles. The second-order valence-corrected chi connectivity index (χ2v) is 2.72. The van der Waals surface area contributed by atoms with Crippen LogP contribution in [0.15, 0.2) is 30.7 Å². The van der Waals surface area contributed by atoms with Crippen LogP contribution in [-0.4, -0.2) is 26.3 Å². The predicted molar refractivity (Wildman–Crippen MR) is 48.8 cm³/mol. The van der Waals surface area contributed by atoms with Crippen molar-refractivity contribution in [3.8, 4) is 11.3 Å². The molecule has 2 rings (SSSR count). The van der Waals surface area contributed by atoms with E-state index in [2.05, 4.69) is 15.2 Å². The van der Waals surface area contributed by atoms with Crippen LogP contribution in [0.4, 0.5) is 0 Å². The summed E-state index contributed by atoms with van der Waals surface area (Å²) in [6.45, 7) is 0. The number of nitrogens with zero attached hydrogens (tertiary/aromatic N) is 2. The third kappa shape index (κ3) is 1.47. The van der Waals surface area contributed by atoms with E-state index in [0.29, 0.717) is 5.69 Å². The van der Waals surface area contributed by atoms with Gasteiger partial charge in [0, 0.05) is 18.0 Å². The fourth-order valence-corrected chi connectivity index (χ4v) is 1.11. The van der Waals surface area contributed by atoms with E-state index in [0.717, 1.165) is 5.56 Å². The molecule has 2 aromatic rings. The van der Waals surface area contributed by atoms with Crippen molar-refractivity contribution in [1.82, 2.24) is 15.2 Å². The number of nitrogens with one attached hydrogen (secondary N) is 1. The average Bonchev–Trinajstić information content (AvgIpc) is 2.71. The van der Waals surface area contributed by atoms with Crippen molar-refractivity contribution in [1.29, 1.82) is 0 Å². The zero-order valence-corrected chi connectivity index (χ0v) is 7.14. The Hall–Kier alpha value is -2.17. The Labute approximate surface area is 79.4 Å². The number of aromatic carboxylic acids is 1. The third-order valence-electron chi connectivity index (χ3n) is 1.80. The highest BCUT2D eigenvalue weighted by Gasteiger charge is 2.05. The van der Waals surface area contributed by atoms with Crippen molar-refractivity contribution in [2.24, 2.45) is 0 Å². The molecule has 0 amide bonds. The summed E-state index contributed by atoms with van der Waals surface area (Å²) in [5, 5.41) is 15.2. The average molecular weight is 189 g/mol. The highest BCUT2D eigenvalue weighted by Crippen LogP contribution is 2.15. The van der Waals surface area contributed by atoms with Crippen LogP contribution in [0.25, 0.3) is 11.3 Å². The normalized spacial score (nSPS) is 10.0. The lowest BCUT2D eigenvalue weighted by Crippen LogP contribution is -1.96. The molecule has 0 aliphatic rings. The van der Waals surface area contributed by atoms with E-state index in [1.54, 1.807) is 12.4 Å². The van der Waals surface area contributed by atoms with Crippen molar-refractivity contribution in [2.45, 2.75) is 0 Å². The molecule has 0 saturated heterocycles. The Morgan fingerprint density at radius 3 is 3.00 bits per heavy atom. The Morgan fingerprint density at radius 1 is 1.50 bits per heavy atom. The number of H-pyrrole nitrogens is 1. The van der Waals surface area contributed by atoms with E-state index in [4.69, 9.17) is 5.11 Å². The quantitative estimate of drug-likeness (QED) is 0.743. The fraction of sp³-hybridized carbons (Fsp3) is 0. The lowest BCUT2D eigenvalue weighted by atomic mass is 10.2. The van der Waals surface area contributed by atoms with E-state index in [1.165, 1.54) is 18.3 Å². The number of hydrogen-bond acceptors (Lipinski definition) is 3. The molecule has 5 nitrogen and oxygen atoms in total. The Bertz CT molecular complexity index is 451. The first-order valence-electron chi connectivity index (χ1n) is 3.96. The molecule has 0 atom stereocenters. The first-order chi connectivity index (χ1) is 6.77. The maximum atomic E-state index is 10.7. The number of carbonyl (C=O) groups is 1. The van der Waals surface area contributed by atoms with Gasteiger partial charge in [0.05, 0.1) is 17.5 Å². The third-order valence-corrected chi connectivity index (χ3v) is 1.80. The van der Waals surface area contributed by atoms with Crippen LogP contribution in [0.2, 0.25) is 0 Å². The summed E-state index contributed by atoms with van der Waals surface area (Å²) >= 11 is 0. The molecule has 0 spiro atoms. The van der Waals surface area contributed by atoms with Gasteiger partial charge in [-0.05, 0) is 12.1 Å². The van der Waals surface area contributed by atoms with E-state index < -0.39 is 5.97 Å². The van der Waals surface area contributed by atoms with Gasteiger partial charge in [-0.3, -0.25) is 10.1 Å². The Kier molecular flexibility index (Phi) is 1.98. The predicted octanol–water partition coefficient (Wildman–Crippen LogP) is 1.17. The van der Waals surface area contributed by atoms with Gasteiger partial charge in [-0.2, -0.15) is 5.10 Å². The summed E-state index contributed by atoms with van der Waals surface area (Å²) in [5.41, 5.74) is 1.59. The smallest absolute Gasteiger partial charge is 0.335 e. The van der Waals surface area contributed by atoms with Gasteiger partial charge in [0.1, 0.15) is 0 Å². The van der Waals surface area contributed by atoms with Gasteiger partial charge in [-0.25, -0.2) is 4.79 Å². The standard InChI is InChI=1S/C9H7N3O2/c13-9(14)6-1-2-10-8(3-6)7-4-11-12-5-7/h1-5H,(H,11,12)(H,13,14). The number of aromatic nitrogens is 3. The molecule has 0 aromatic carbocycles. The summed E-state index contributed by atoms with van der Waals surface area (Å²) in [5.74, 6) is -0.961. The first kappa shape index (κ1) is 8.43. The number of rotatable bonds is 2. The van der Waals surface area contributed by atoms with Crippen LogP contribution >= 0.6 is 0 Å². The maximum absolute atomic E-state index is 10.7. The van der Waals surface area contributed by atoms with Gasteiger partial charge in [0.25, 0.3) is 0 Å². The number of aromatic amines is 1. The van der Waals surface area contributed by atoms with Crippen LogP contribution in [0, 0.1) is 0 Å². The minimum absolute atomic E-state index is 0.219. The van der Waals surface area contributed by atoms with Crippen molar-refractivity contribution < 1.29 is 9.90 Å². The lowest BCUT2D eigenvalue weighted by Gasteiger charge is -1.97. The zero-order chi connectivity index (χ0) is 9.97. The molecule has 2 N–H and O–H groups in total. The molecule has 70 valence electrons. The second-order valence-electron chi connectivity index (χ2n) is 2.72. The molecular formula is C9H7N3O2. The molecule has 0 saturated carbocycles. The van der Waals surface area contributed by atoms with Gasteiger partial charge in [0.2, 0.25) is 0 Å². The molecule has 14 heavy (non-hydrogen) atoms. The molecule has 2 heterocycles. The van der Waals surface area contributed by atoms with Gasteiger partial charge < -0.3 is 5.11 Å². The van der Waals surface area contributed by atoms with E-state index in [-0.39, 0.29) is 5.56 Å². The van der Waals surface area contributed by atoms with Crippen LogP contribution in [0.1, 0.15) is 10.4 Å². The SMILES string of the molecule is O=C(O)c1ccnc(-c2cn[nH]c2)c1. The fourth-order valence-electron chi connectivity index (χ4n) is 1.11. The molecule has 0 aliphatic carbocycles. The monoisotopic (exact) mass is 189 g/mol. The van der Waals surface area contributed by atoms with Crippen molar-refractivity contribution in [3.05, 3.63) is 36.3 Å². The first-order valence-corrected chi connectivity index (χ1v) is 3.96. The largest absolute Gasteiger partial charge is 0.478 e. The van der Waals surface area contributed by atoms with Gasteiger partial charge >= 0.3 is 5.97 Å². The Balaban J connectivity index is 2.46. The summed E-state index contributed by atoms with van der Waals surface area (Å²) in [4.78, 5) is 14.7. The van der Waals surface area contributed by atoms with Gasteiger partial charge in [0.15, 0.2) is 0 Å². The summed E-state index contributed by atoms with van der Waals surface area (Å²) in [7, 11) is 0. The molecular weight excluding hydrogens is 182 g/mol.